The van der Waals surface area contributed by atoms with Crippen LogP contribution in [0.2, 0.25) is 0 Å². The molecule has 2 heterocycles. The SMILES string of the molecule is CC(=O)N1CC2(CCN(CC3CC4CCCCC43)CC2)c2cc(C)ccc21. The van der Waals surface area contributed by atoms with Gasteiger partial charge in [-0.25, -0.2) is 0 Å². The summed E-state index contributed by atoms with van der Waals surface area (Å²) >= 11 is 0. The molecule has 4 aliphatic rings. The number of hydrogen-bond acceptors (Lipinski definition) is 2. The van der Waals surface area contributed by atoms with Crippen LogP contribution in [0.5, 0.6) is 0 Å². The molecule has 1 amide bonds. The number of piperidine rings is 1. The molecule has 146 valence electrons. The largest absolute Gasteiger partial charge is 0.311 e. The van der Waals surface area contributed by atoms with Crippen LogP contribution in [0.15, 0.2) is 18.2 Å². The minimum atomic E-state index is 0.191. The van der Waals surface area contributed by atoms with Gasteiger partial charge in [0.1, 0.15) is 0 Å². The average Bonchev–Trinajstić information content (AvgIpc) is 2.95. The number of anilines is 1. The number of benzene rings is 1. The molecule has 3 unspecified atom stereocenters. The number of likely N-dealkylation sites (tertiary alicyclic amines) is 1. The number of aryl methyl sites for hydroxylation is 1. The fourth-order valence-corrected chi connectivity index (χ4v) is 6.71. The molecule has 0 aromatic heterocycles. The van der Waals surface area contributed by atoms with Gasteiger partial charge in [-0.1, -0.05) is 37.0 Å². The van der Waals surface area contributed by atoms with Crippen LogP contribution in [0.1, 0.15) is 63.0 Å². The fourth-order valence-electron chi connectivity index (χ4n) is 6.71. The first-order chi connectivity index (χ1) is 13.1. The molecule has 3 fully saturated rings. The highest BCUT2D eigenvalue weighted by Crippen LogP contribution is 2.51. The molecule has 1 spiro atoms. The lowest BCUT2D eigenvalue weighted by molar-refractivity contribution is -0.116. The van der Waals surface area contributed by atoms with E-state index in [0.29, 0.717) is 0 Å². The van der Waals surface area contributed by atoms with Crippen molar-refractivity contribution >= 4 is 11.6 Å². The number of amides is 1. The number of carbonyl (C=O) groups excluding carboxylic acids is 1. The summed E-state index contributed by atoms with van der Waals surface area (Å²) in [4.78, 5) is 17.0. The van der Waals surface area contributed by atoms with Crippen LogP contribution < -0.4 is 4.90 Å². The predicted molar refractivity (Wildman–Crippen MR) is 110 cm³/mol. The Kier molecular flexibility index (Phi) is 4.34. The minimum Gasteiger partial charge on any atom is -0.311 e. The molecule has 1 aromatic rings. The van der Waals surface area contributed by atoms with E-state index in [2.05, 4.69) is 30.0 Å². The second-order valence-corrected chi connectivity index (χ2v) is 9.91. The van der Waals surface area contributed by atoms with Crippen molar-refractivity contribution in [1.29, 1.82) is 0 Å². The Balaban J connectivity index is 1.27. The van der Waals surface area contributed by atoms with E-state index >= 15 is 0 Å². The van der Waals surface area contributed by atoms with Gasteiger partial charge in [0.05, 0.1) is 0 Å². The molecule has 2 saturated carbocycles. The summed E-state index contributed by atoms with van der Waals surface area (Å²) in [6.07, 6.45) is 9.84. The normalized spacial score (nSPS) is 32.1. The lowest BCUT2D eigenvalue weighted by Crippen LogP contribution is -2.50. The summed E-state index contributed by atoms with van der Waals surface area (Å²) < 4.78 is 0. The van der Waals surface area contributed by atoms with E-state index in [9.17, 15) is 4.79 Å². The van der Waals surface area contributed by atoms with Crippen LogP contribution in [-0.2, 0) is 10.2 Å². The standard InChI is InChI=1S/C24H34N2O/c1-17-7-8-23-22(13-17)24(16-26(23)18(2)27)9-11-25(12-10-24)15-20-14-19-5-3-4-6-21(19)20/h7-8,13,19-21H,3-6,9-12,14-16H2,1-2H3. The Morgan fingerprint density at radius 1 is 1.19 bits per heavy atom. The van der Waals surface area contributed by atoms with Gasteiger partial charge in [0.25, 0.3) is 0 Å². The van der Waals surface area contributed by atoms with E-state index in [1.165, 1.54) is 81.4 Å². The van der Waals surface area contributed by atoms with Crippen LogP contribution in [0.4, 0.5) is 5.69 Å². The van der Waals surface area contributed by atoms with Gasteiger partial charge in [-0.15, -0.1) is 0 Å². The number of carbonyl (C=O) groups is 1. The monoisotopic (exact) mass is 366 g/mol. The van der Waals surface area contributed by atoms with Gasteiger partial charge in [0.15, 0.2) is 0 Å². The van der Waals surface area contributed by atoms with E-state index in [4.69, 9.17) is 0 Å². The fraction of sp³-hybridized carbons (Fsp3) is 0.708. The second-order valence-electron chi connectivity index (χ2n) is 9.91. The summed E-state index contributed by atoms with van der Waals surface area (Å²) in [5, 5.41) is 0. The van der Waals surface area contributed by atoms with Crippen LogP contribution >= 0.6 is 0 Å². The number of hydrogen-bond donors (Lipinski definition) is 0. The molecule has 1 aromatic carbocycles. The van der Waals surface area contributed by atoms with Crippen molar-refractivity contribution in [1.82, 2.24) is 4.90 Å². The van der Waals surface area contributed by atoms with Crippen LogP contribution in [0, 0.1) is 24.7 Å². The Morgan fingerprint density at radius 2 is 1.96 bits per heavy atom. The Labute approximate surface area is 164 Å². The zero-order valence-corrected chi connectivity index (χ0v) is 17.0. The molecule has 27 heavy (non-hydrogen) atoms. The Morgan fingerprint density at radius 3 is 2.70 bits per heavy atom. The number of nitrogens with zero attached hydrogens (tertiary/aromatic N) is 2. The maximum absolute atomic E-state index is 12.2. The van der Waals surface area contributed by atoms with Crippen molar-refractivity contribution < 1.29 is 4.79 Å². The zero-order chi connectivity index (χ0) is 18.6. The summed E-state index contributed by atoms with van der Waals surface area (Å²) in [6, 6.07) is 6.68. The lowest BCUT2D eigenvalue weighted by atomic mass is 9.58. The van der Waals surface area contributed by atoms with E-state index in [0.717, 1.165) is 24.3 Å². The second kappa shape index (κ2) is 6.62. The van der Waals surface area contributed by atoms with Crippen molar-refractivity contribution in [3.8, 4) is 0 Å². The van der Waals surface area contributed by atoms with Gasteiger partial charge in [-0.2, -0.15) is 0 Å². The molecule has 3 heteroatoms. The molecule has 3 nitrogen and oxygen atoms in total. The average molecular weight is 367 g/mol. The highest BCUT2D eigenvalue weighted by molar-refractivity contribution is 5.94. The first-order valence-electron chi connectivity index (χ1n) is 11.2. The first kappa shape index (κ1) is 17.7. The molecular weight excluding hydrogens is 332 g/mol. The minimum absolute atomic E-state index is 0.191. The third-order valence-corrected chi connectivity index (χ3v) is 8.34. The molecule has 3 atom stereocenters. The summed E-state index contributed by atoms with van der Waals surface area (Å²) in [5.74, 6) is 3.26. The van der Waals surface area contributed by atoms with Gasteiger partial charge < -0.3 is 9.80 Å². The van der Waals surface area contributed by atoms with E-state index in [-0.39, 0.29) is 11.3 Å². The molecule has 1 saturated heterocycles. The van der Waals surface area contributed by atoms with Crippen molar-refractivity contribution in [3.63, 3.8) is 0 Å². The summed E-state index contributed by atoms with van der Waals surface area (Å²) in [5.41, 5.74) is 4.12. The summed E-state index contributed by atoms with van der Waals surface area (Å²) in [7, 11) is 0. The molecule has 2 aliphatic heterocycles. The number of fused-ring (bicyclic) bond motifs is 3. The first-order valence-corrected chi connectivity index (χ1v) is 11.2. The molecule has 2 aliphatic carbocycles. The van der Waals surface area contributed by atoms with Gasteiger partial charge in [0, 0.05) is 31.1 Å². The van der Waals surface area contributed by atoms with Crippen LogP contribution in [-0.4, -0.2) is 37.0 Å². The van der Waals surface area contributed by atoms with Crippen molar-refractivity contribution in [2.24, 2.45) is 17.8 Å². The quantitative estimate of drug-likeness (QED) is 0.768. The summed E-state index contributed by atoms with van der Waals surface area (Å²) in [6.45, 7) is 8.52. The topological polar surface area (TPSA) is 23.6 Å². The number of rotatable bonds is 2. The predicted octanol–water partition coefficient (Wildman–Crippen LogP) is 4.52. The third kappa shape index (κ3) is 2.93. The molecule has 0 N–H and O–H groups in total. The Hall–Kier alpha value is -1.35. The maximum Gasteiger partial charge on any atom is 0.223 e. The third-order valence-electron chi connectivity index (χ3n) is 8.34. The van der Waals surface area contributed by atoms with Crippen molar-refractivity contribution in [2.75, 3.05) is 31.1 Å². The molecule has 0 bridgehead atoms. The Bertz CT molecular complexity index is 734. The van der Waals surface area contributed by atoms with Crippen LogP contribution in [0.25, 0.3) is 0 Å². The zero-order valence-electron chi connectivity index (χ0n) is 17.0. The van der Waals surface area contributed by atoms with Crippen molar-refractivity contribution in [2.45, 2.75) is 64.2 Å². The van der Waals surface area contributed by atoms with E-state index in [1.807, 2.05) is 4.90 Å². The van der Waals surface area contributed by atoms with Gasteiger partial charge in [-0.3, -0.25) is 4.79 Å². The highest BCUT2D eigenvalue weighted by Gasteiger charge is 2.47. The smallest absolute Gasteiger partial charge is 0.223 e. The van der Waals surface area contributed by atoms with Crippen molar-refractivity contribution in [3.05, 3.63) is 29.3 Å². The van der Waals surface area contributed by atoms with Gasteiger partial charge in [0.2, 0.25) is 5.91 Å². The van der Waals surface area contributed by atoms with Gasteiger partial charge in [-0.05, 0) is 75.1 Å². The van der Waals surface area contributed by atoms with Crippen LogP contribution in [0.3, 0.4) is 0 Å². The van der Waals surface area contributed by atoms with E-state index < -0.39 is 0 Å². The highest BCUT2D eigenvalue weighted by atomic mass is 16.2. The molecular formula is C24H34N2O. The van der Waals surface area contributed by atoms with E-state index in [1.54, 1.807) is 6.92 Å². The molecule has 5 rings (SSSR count). The lowest BCUT2D eigenvalue weighted by Gasteiger charge is -2.51. The maximum atomic E-state index is 12.2. The molecule has 0 radical (unpaired) electrons. The van der Waals surface area contributed by atoms with Gasteiger partial charge >= 0.3 is 0 Å².